The molecular weight excluding hydrogens is 228 g/mol. The highest BCUT2D eigenvalue weighted by atomic mass is 14.4. The van der Waals surface area contributed by atoms with Crippen molar-refractivity contribution in [3.05, 3.63) is 58.7 Å². The van der Waals surface area contributed by atoms with Crippen molar-refractivity contribution in [3.8, 4) is 11.1 Å². The van der Waals surface area contributed by atoms with E-state index in [0.29, 0.717) is 5.92 Å². The molecule has 0 aromatic heterocycles. The molecule has 0 saturated carbocycles. The zero-order chi connectivity index (χ0) is 13.8. The van der Waals surface area contributed by atoms with Gasteiger partial charge in [0.05, 0.1) is 0 Å². The van der Waals surface area contributed by atoms with Crippen molar-refractivity contribution in [2.24, 2.45) is 0 Å². The fourth-order valence-corrected chi connectivity index (χ4v) is 3.41. The second kappa shape index (κ2) is 3.96. The van der Waals surface area contributed by atoms with Gasteiger partial charge in [-0.15, -0.1) is 0 Å². The van der Waals surface area contributed by atoms with E-state index < -0.39 is 0 Å². The molecule has 2 aromatic rings. The summed E-state index contributed by atoms with van der Waals surface area (Å²) in [5.41, 5.74) is 8.85. The number of aryl methyl sites for hydroxylation is 1. The maximum absolute atomic E-state index is 2.36. The minimum absolute atomic E-state index is 0.127. The Hall–Kier alpha value is -1.56. The summed E-state index contributed by atoms with van der Waals surface area (Å²) in [6.45, 7) is 11.5. The van der Waals surface area contributed by atoms with Crippen LogP contribution in [0, 0.1) is 6.92 Å². The summed E-state index contributed by atoms with van der Waals surface area (Å²) in [6, 6.07) is 13.7. The summed E-state index contributed by atoms with van der Waals surface area (Å²) in [7, 11) is 0. The molecule has 0 bridgehead atoms. The van der Waals surface area contributed by atoms with E-state index in [1.165, 1.54) is 33.4 Å². The minimum atomic E-state index is 0.127. The summed E-state index contributed by atoms with van der Waals surface area (Å²) >= 11 is 0. The predicted octanol–water partition coefficient (Wildman–Crippen LogP) is 5.42. The topological polar surface area (TPSA) is 0 Å². The summed E-state index contributed by atoms with van der Waals surface area (Å²) < 4.78 is 0. The fraction of sp³-hybridized carbons (Fsp3) is 0.368. The third-order valence-corrected chi connectivity index (χ3v) is 4.51. The molecule has 3 rings (SSSR count). The Morgan fingerprint density at radius 2 is 1.68 bits per heavy atom. The van der Waals surface area contributed by atoms with Crippen molar-refractivity contribution in [3.63, 3.8) is 0 Å². The lowest BCUT2D eigenvalue weighted by Crippen LogP contribution is -2.15. The third-order valence-electron chi connectivity index (χ3n) is 4.51. The molecule has 0 saturated heterocycles. The molecule has 0 atom stereocenters. The van der Waals surface area contributed by atoms with Crippen molar-refractivity contribution in [1.29, 1.82) is 0 Å². The van der Waals surface area contributed by atoms with E-state index in [9.17, 15) is 0 Å². The Bertz CT molecular complexity index is 645. The van der Waals surface area contributed by atoms with Gasteiger partial charge in [0.25, 0.3) is 0 Å². The number of benzene rings is 2. The standard InChI is InChI=1S/C19H22/c1-12(2)14-7-6-8-16-18(14)15-10-9-13(3)11-17(15)19(16,4)5/h6-12H,1-5H3. The number of fused-ring (bicyclic) bond motifs is 3. The van der Waals surface area contributed by atoms with E-state index in [-0.39, 0.29) is 5.41 Å². The van der Waals surface area contributed by atoms with Crippen LogP contribution in [0.15, 0.2) is 36.4 Å². The van der Waals surface area contributed by atoms with E-state index in [1.54, 1.807) is 0 Å². The third kappa shape index (κ3) is 1.66. The van der Waals surface area contributed by atoms with Crippen molar-refractivity contribution < 1.29 is 0 Å². The Kier molecular flexibility index (Phi) is 2.60. The van der Waals surface area contributed by atoms with E-state index in [4.69, 9.17) is 0 Å². The molecule has 0 spiro atoms. The summed E-state index contributed by atoms with van der Waals surface area (Å²) in [6.07, 6.45) is 0. The van der Waals surface area contributed by atoms with Crippen molar-refractivity contribution >= 4 is 0 Å². The highest BCUT2D eigenvalue weighted by molar-refractivity contribution is 5.83. The molecule has 0 aliphatic heterocycles. The van der Waals surface area contributed by atoms with Crippen LogP contribution in [0.4, 0.5) is 0 Å². The molecule has 98 valence electrons. The van der Waals surface area contributed by atoms with E-state index in [2.05, 4.69) is 71.0 Å². The fourth-order valence-electron chi connectivity index (χ4n) is 3.41. The van der Waals surface area contributed by atoms with E-state index in [0.717, 1.165) is 0 Å². The highest BCUT2D eigenvalue weighted by Crippen LogP contribution is 2.51. The maximum Gasteiger partial charge on any atom is 0.0159 e. The maximum atomic E-state index is 2.36. The average molecular weight is 250 g/mol. The van der Waals surface area contributed by atoms with Gasteiger partial charge in [0.15, 0.2) is 0 Å². The number of hydrogen-bond donors (Lipinski definition) is 0. The number of rotatable bonds is 1. The first kappa shape index (κ1) is 12.5. The molecule has 1 aliphatic carbocycles. The molecule has 0 fully saturated rings. The molecule has 0 nitrogen and oxygen atoms in total. The van der Waals surface area contributed by atoms with Gasteiger partial charge < -0.3 is 0 Å². The van der Waals surface area contributed by atoms with Crippen LogP contribution in [0.1, 0.15) is 55.9 Å². The Balaban J connectivity index is 2.39. The second-order valence-corrected chi connectivity index (χ2v) is 6.60. The largest absolute Gasteiger partial charge is 0.0616 e. The number of hydrogen-bond acceptors (Lipinski definition) is 0. The molecule has 2 aromatic carbocycles. The molecule has 0 amide bonds. The molecule has 0 N–H and O–H groups in total. The Morgan fingerprint density at radius 3 is 2.37 bits per heavy atom. The molecule has 19 heavy (non-hydrogen) atoms. The lowest BCUT2D eigenvalue weighted by molar-refractivity contribution is 0.658. The normalized spacial score (nSPS) is 15.5. The zero-order valence-electron chi connectivity index (χ0n) is 12.5. The van der Waals surface area contributed by atoms with Gasteiger partial charge in [-0.05, 0) is 40.7 Å². The van der Waals surface area contributed by atoms with Crippen LogP contribution >= 0.6 is 0 Å². The first-order valence-electron chi connectivity index (χ1n) is 7.18. The van der Waals surface area contributed by atoms with Crippen LogP contribution in [0.2, 0.25) is 0 Å². The second-order valence-electron chi connectivity index (χ2n) is 6.60. The molecule has 0 unspecified atom stereocenters. The van der Waals surface area contributed by atoms with Crippen LogP contribution in [0.25, 0.3) is 11.1 Å². The zero-order valence-corrected chi connectivity index (χ0v) is 12.5. The van der Waals surface area contributed by atoms with Gasteiger partial charge in [0, 0.05) is 5.41 Å². The lowest BCUT2D eigenvalue weighted by Gasteiger charge is -2.22. The van der Waals surface area contributed by atoms with E-state index >= 15 is 0 Å². The molecule has 0 radical (unpaired) electrons. The quantitative estimate of drug-likeness (QED) is 0.633. The first-order valence-corrected chi connectivity index (χ1v) is 7.18. The van der Waals surface area contributed by atoms with Gasteiger partial charge in [-0.1, -0.05) is 69.7 Å². The van der Waals surface area contributed by atoms with Crippen LogP contribution in [0.3, 0.4) is 0 Å². The molecule has 1 aliphatic rings. The SMILES string of the molecule is Cc1ccc2c(c1)C(C)(C)c1cccc(C(C)C)c1-2. The van der Waals surface area contributed by atoms with Crippen LogP contribution in [0.5, 0.6) is 0 Å². The van der Waals surface area contributed by atoms with Crippen molar-refractivity contribution in [1.82, 2.24) is 0 Å². The van der Waals surface area contributed by atoms with Gasteiger partial charge >= 0.3 is 0 Å². The predicted molar refractivity (Wildman–Crippen MR) is 82.8 cm³/mol. The van der Waals surface area contributed by atoms with Crippen molar-refractivity contribution in [2.45, 2.75) is 46.0 Å². The average Bonchev–Trinajstić information content (AvgIpc) is 2.58. The van der Waals surface area contributed by atoms with Crippen molar-refractivity contribution in [2.75, 3.05) is 0 Å². The van der Waals surface area contributed by atoms with Gasteiger partial charge in [0.1, 0.15) is 0 Å². The summed E-state index contributed by atoms with van der Waals surface area (Å²) in [5, 5.41) is 0. The molecule has 0 heterocycles. The first-order chi connectivity index (χ1) is 8.93. The monoisotopic (exact) mass is 250 g/mol. The Morgan fingerprint density at radius 1 is 0.947 bits per heavy atom. The lowest BCUT2D eigenvalue weighted by atomic mass is 9.81. The van der Waals surface area contributed by atoms with Gasteiger partial charge in [0.2, 0.25) is 0 Å². The van der Waals surface area contributed by atoms with Crippen LogP contribution < -0.4 is 0 Å². The van der Waals surface area contributed by atoms with Gasteiger partial charge in [-0.25, -0.2) is 0 Å². The smallest absolute Gasteiger partial charge is 0.0159 e. The van der Waals surface area contributed by atoms with Gasteiger partial charge in [-0.2, -0.15) is 0 Å². The molecule has 0 heteroatoms. The summed E-state index contributed by atoms with van der Waals surface area (Å²) in [5.74, 6) is 0.568. The van der Waals surface area contributed by atoms with Crippen LogP contribution in [-0.2, 0) is 5.41 Å². The van der Waals surface area contributed by atoms with E-state index in [1.807, 2.05) is 0 Å². The summed E-state index contributed by atoms with van der Waals surface area (Å²) in [4.78, 5) is 0. The Labute approximate surface area is 116 Å². The highest BCUT2D eigenvalue weighted by Gasteiger charge is 2.36. The van der Waals surface area contributed by atoms with Crippen LogP contribution in [-0.4, -0.2) is 0 Å². The van der Waals surface area contributed by atoms with Gasteiger partial charge in [-0.3, -0.25) is 0 Å². The minimum Gasteiger partial charge on any atom is -0.0616 e. The molecular formula is C19H22.